The van der Waals surface area contributed by atoms with Crippen LogP contribution in [0.4, 0.5) is 4.39 Å². The third-order valence-electron chi connectivity index (χ3n) is 6.24. The zero-order valence-electron chi connectivity index (χ0n) is 20.3. The summed E-state index contributed by atoms with van der Waals surface area (Å²) in [5, 5.41) is 10.3. The summed E-state index contributed by atoms with van der Waals surface area (Å²) in [4.78, 5) is 18.0. The molecular weight excluding hydrogens is 533 g/mol. The average Bonchev–Trinajstić information content (AvgIpc) is 3.40. The Bertz CT molecular complexity index is 1570. The van der Waals surface area contributed by atoms with E-state index in [0.717, 1.165) is 17.2 Å². The Morgan fingerprint density at radius 2 is 1.84 bits per heavy atom. The second-order valence-corrected chi connectivity index (χ2v) is 11.4. The van der Waals surface area contributed by atoms with Gasteiger partial charge in [-0.05, 0) is 78.7 Å². The van der Waals surface area contributed by atoms with Crippen molar-refractivity contribution in [2.75, 3.05) is 6.26 Å². The predicted molar refractivity (Wildman–Crippen MR) is 138 cm³/mol. The van der Waals surface area contributed by atoms with E-state index in [0.29, 0.717) is 36.9 Å². The quantitative estimate of drug-likeness (QED) is 0.304. The van der Waals surface area contributed by atoms with E-state index in [1.54, 1.807) is 36.0 Å². The number of fused-ring (bicyclic) bond motifs is 1. The fraction of sp³-hybridized carbons (Fsp3) is 0.280. The van der Waals surface area contributed by atoms with E-state index < -0.39 is 21.7 Å². The lowest BCUT2D eigenvalue weighted by atomic mass is 9.91. The highest BCUT2D eigenvalue weighted by Crippen LogP contribution is 2.28. The lowest BCUT2D eigenvalue weighted by Gasteiger charge is -2.29. The maximum atomic E-state index is 14.0. The molecule has 0 atom stereocenters. The third-order valence-corrected chi connectivity index (χ3v) is 8.52. The molecule has 1 aliphatic rings. The van der Waals surface area contributed by atoms with Crippen molar-refractivity contribution in [3.05, 3.63) is 66.1 Å². The minimum absolute atomic E-state index is 0.000112. The molecule has 2 heterocycles. The topological polar surface area (TPSA) is 136 Å². The van der Waals surface area contributed by atoms with Crippen molar-refractivity contribution in [3.8, 4) is 11.6 Å². The maximum Gasteiger partial charge on any atom is 0.257 e. The van der Waals surface area contributed by atoms with Gasteiger partial charge in [0, 0.05) is 17.0 Å². The smallest absolute Gasteiger partial charge is 0.257 e. The molecule has 13 heteroatoms. The first-order chi connectivity index (χ1) is 18.3. The van der Waals surface area contributed by atoms with Crippen LogP contribution in [0, 0.1) is 5.82 Å². The molecule has 1 fully saturated rings. The van der Waals surface area contributed by atoms with Crippen molar-refractivity contribution in [1.29, 1.82) is 0 Å². The zero-order chi connectivity index (χ0) is 26.7. The van der Waals surface area contributed by atoms with Crippen LogP contribution >= 0.6 is 11.8 Å². The van der Waals surface area contributed by atoms with Crippen molar-refractivity contribution in [2.24, 2.45) is 0 Å². The number of sulfonamides is 1. The molecule has 198 valence electrons. The Balaban J connectivity index is 1.22. The van der Waals surface area contributed by atoms with E-state index in [1.165, 1.54) is 6.07 Å². The molecule has 0 bridgehead atoms. The Hall–Kier alpha value is -3.55. The SMILES string of the molecule is CSc1cccc(Oc2ncc(F)cc2C(=O)NC2CCC(NS(=O)(=O)c3cccc4nonc34)CC2)c1. The number of rotatable bonds is 8. The van der Waals surface area contributed by atoms with Crippen LogP contribution in [-0.2, 0) is 10.0 Å². The van der Waals surface area contributed by atoms with Crippen LogP contribution in [0.3, 0.4) is 0 Å². The van der Waals surface area contributed by atoms with Crippen LogP contribution in [0.15, 0.2) is 69.1 Å². The number of hydrogen-bond donors (Lipinski definition) is 2. The van der Waals surface area contributed by atoms with E-state index in [2.05, 4.69) is 30.0 Å². The van der Waals surface area contributed by atoms with Gasteiger partial charge in [0.1, 0.15) is 27.5 Å². The van der Waals surface area contributed by atoms with E-state index in [9.17, 15) is 17.6 Å². The molecular formula is C25H24FN5O5S2. The highest BCUT2D eigenvalue weighted by molar-refractivity contribution is 7.98. The number of nitrogens with zero attached hydrogens (tertiary/aromatic N) is 3. The molecule has 0 spiro atoms. The standard InChI is InChI=1S/C25H24FN5O5S2/c1-37-19-5-2-4-18(13-19)35-25-20(12-15(26)14-27-25)24(32)28-16-8-10-17(11-9-16)31-38(33,34)22-7-3-6-21-23(22)30-36-29-21/h2-7,12-14,16-17,31H,8-11H2,1H3,(H,28,32). The molecule has 0 aliphatic heterocycles. The second-order valence-electron chi connectivity index (χ2n) is 8.82. The normalized spacial score (nSPS) is 17.8. The molecule has 1 amide bonds. The number of halogens is 1. The Kier molecular flexibility index (Phi) is 7.58. The van der Waals surface area contributed by atoms with Crippen molar-refractivity contribution in [2.45, 2.75) is 47.6 Å². The number of carbonyl (C=O) groups is 1. The largest absolute Gasteiger partial charge is 0.438 e. The van der Waals surface area contributed by atoms with Gasteiger partial charge < -0.3 is 10.1 Å². The number of pyridine rings is 1. The fourth-order valence-electron chi connectivity index (χ4n) is 4.35. The number of carbonyl (C=O) groups excluding carboxylic acids is 1. The molecule has 1 saturated carbocycles. The van der Waals surface area contributed by atoms with Gasteiger partial charge in [-0.15, -0.1) is 11.8 Å². The molecule has 5 rings (SSSR count). The molecule has 1 aliphatic carbocycles. The van der Waals surface area contributed by atoms with Crippen LogP contribution in [0.25, 0.3) is 11.0 Å². The van der Waals surface area contributed by atoms with Crippen LogP contribution in [0.1, 0.15) is 36.0 Å². The van der Waals surface area contributed by atoms with Gasteiger partial charge in [-0.2, -0.15) is 0 Å². The lowest BCUT2D eigenvalue weighted by Crippen LogP contribution is -2.43. The molecule has 2 N–H and O–H groups in total. The predicted octanol–water partition coefficient (Wildman–Crippen LogP) is 4.29. The van der Waals surface area contributed by atoms with Crippen molar-refractivity contribution >= 4 is 38.7 Å². The number of amides is 1. The summed E-state index contributed by atoms with van der Waals surface area (Å²) < 4.78 is 53.1. The first kappa shape index (κ1) is 26.1. The lowest BCUT2D eigenvalue weighted by molar-refractivity contribution is 0.0921. The van der Waals surface area contributed by atoms with E-state index in [1.807, 2.05) is 18.4 Å². The van der Waals surface area contributed by atoms with Gasteiger partial charge in [-0.1, -0.05) is 12.1 Å². The summed E-state index contributed by atoms with van der Waals surface area (Å²) in [5.41, 5.74) is 0.506. The molecule has 38 heavy (non-hydrogen) atoms. The minimum atomic E-state index is -3.85. The van der Waals surface area contributed by atoms with E-state index in [-0.39, 0.29) is 33.9 Å². The Morgan fingerprint density at radius 3 is 2.63 bits per heavy atom. The highest BCUT2D eigenvalue weighted by Gasteiger charge is 2.29. The van der Waals surface area contributed by atoms with Gasteiger partial charge in [-0.3, -0.25) is 4.79 Å². The summed E-state index contributed by atoms with van der Waals surface area (Å²) in [5.74, 6) is -0.687. The van der Waals surface area contributed by atoms with Crippen LogP contribution in [0.2, 0.25) is 0 Å². The minimum Gasteiger partial charge on any atom is -0.438 e. The van der Waals surface area contributed by atoms with E-state index in [4.69, 9.17) is 4.74 Å². The van der Waals surface area contributed by atoms with Crippen molar-refractivity contribution in [3.63, 3.8) is 0 Å². The number of aromatic nitrogens is 3. The highest BCUT2D eigenvalue weighted by atomic mass is 32.2. The van der Waals surface area contributed by atoms with Gasteiger partial charge in [0.25, 0.3) is 5.91 Å². The van der Waals surface area contributed by atoms with E-state index >= 15 is 0 Å². The van der Waals surface area contributed by atoms with Gasteiger partial charge in [-0.25, -0.2) is 27.1 Å². The molecule has 2 aromatic heterocycles. The summed E-state index contributed by atoms with van der Waals surface area (Å²) in [7, 11) is -3.85. The zero-order valence-corrected chi connectivity index (χ0v) is 21.9. The molecule has 0 radical (unpaired) electrons. The third kappa shape index (κ3) is 5.79. The number of hydrogen-bond acceptors (Lipinski definition) is 9. The van der Waals surface area contributed by atoms with Crippen molar-refractivity contribution in [1.82, 2.24) is 25.3 Å². The molecule has 4 aromatic rings. The number of thioether (sulfide) groups is 1. The number of benzene rings is 2. The molecule has 0 unspecified atom stereocenters. The molecule has 2 aromatic carbocycles. The second kappa shape index (κ2) is 11.1. The maximum absolute atomic E-state index is 14.0. The molecule has 10 nitrogen and oxygen atoms in total. The average molecular weight is 558 g/mol. The summed E-state index contributed by atoms with van der Waals surface area (Å²) >= 11 is 1.54. The summed E-state index contributed by atoms with van der Waals surface area (Å²) in [6.45, 7) is 0. The van der Waals surface area contributed by atoms with Gasteiger partial charge in [0.2, 0.25) is 15.9 Å². The van der Waals surface area contributed by atoms with Crippen LogP contribution < -0.4 is 14.8 Å². The summed E-state index contributed by atoms with van der Waals surface area (Å²) in [6.07, 6.45) is 5.00. The first-order valence-electron chi connectivity index (χ1n) is 11.8. The van der Waals surface area contributed by atoms with Crippen LogP contribution in [0.5, 0.6) is 11.6 Å². The number of ether oxygens (including phenoxy) is 1. The Labute approximate surface area is 222 Å². The first-order valence-corrected chi connectivity index (χ1v) is 14.5. The Morgan fingerprint density at radius 1 is 1.08 bits per heavy atom. The van der Waals surface area contributed by atoms with Crippen molar-refractivity contribution < 1.29 is 27.0 Å². The fourth-order valence-corrected chi connectivity index (χ4v) is 6.25. The van der Waals surface area contributed by atoms with Crippen LogP contribution in [-0.4, -0.2) is 48.0 Å². The number of nitrogens with one attached hydrogen (secondary N) is 2. The summed E-state index contributed by atoms with van der Waals surface area (Å²) in [6, 6.07) is 12.5. The monoisotopic (exact) mass is 557 g/mol. The van der Waals surface area contributed by atoms with Gasteiger partial charge >= 0.3 is 0 Å². The van der Waals surface area contributed by atoms with Gasteiger partial charge in [0.15, 0.2) is 5.52 Å². The molecule has 0 saturated heterocycles. The van der Waals surface area contributed by atoms with Gasteiger partial charge in [0.05, 0.1) is 6.20 Å².